The smallest absolute Gasteiger partial charge is 0.0192 e. The molecular formula is C14H29N3. The highest BCUT2D eigenvalue weighted by molar-refractivity contribution is 4.77. The molecule has 0 aromatic heterocycles. The van der Waals surface area contributed by atoms with Gasteiger partial charge in [0.05, 0.1) is 0 Å². The Bertz CT molecular complexity index is 214. The number of nitrogens with zero attached hydrogens (tertiary/aromatic N) is 2. The Kier molecular flexibility index (Phi) is 5.26. The average molecular weight is 239 g/mol. The van der Waals surface area contributed by atoms with Crippen molar-refractivity contribution in [1.82, 2.24) is 15.1 Å². The third-order valence-corrected chi connectivity index (χ3v) is 4.53. The van der Waals surface area contributed by atoms with Crippen molar-refractivity contribution in [2.45, 2.75) is 38.6 Å². The van der Waals surface area contributed by atoms with Gasteiger partial charge in [0.15, 0.2) is 0 Å². The van der Waals surface area contributed by atoms with Crippen molar-refractivity contribution >= 4 is 0 Å². The molecule has 0 spiro atoms. The minimum absolute atomic E-state index is 0.736. The molecule has 2 fully saturated rings. The monoisotopic (exact) mass is 239 g/mol. The fraction of sp³-hybridized carbons (Fsp3) is 1.00. The van der Waals surface area contributed by atoms with E-state index in [9.17, 15) is 0 Å². The van der Waals surface area contributed by atoms with Crippen LogP contribution in [-0.2, 0) is 0 Å². The largest absolute Gasteiger partial charge is 0.316 e. The molecule has 0 saturated carbocycles. The van der Waals surface area contributed by atoms with Crippen LogP contribution in [0.25, 0.3) is 0 Å². The molecule has 2 heterocycles. The van der Waals surface area contributed by atoms with Gasteiger partial charge in [-0.05, 0) is 65.2 Å². The zero-order valence-corrected chi connectivity index (χ0v) is 11.6. The zero-order chi connectivity index (χ0) is 12.1. The minimum Gasteiger partial charge on any atom is -0.316 e. The molecule has 2 atom stereocenters. The second-order valence-electron chi connectivity index (χ2n) is 5.98. The molecule has 0 aromatic rings. The highest BCUT2D eigenvalue weighted by atomic mass is 15.3. The molecule has 2 saturated heterocycles. The first kappa shape index (κ1) is 13.3. The molecule has 0 amide bonds. The maximum absolute atomic E-state index is 3.52. The van der Waals surface area contributed by atoms with Crippen molar-refractivity contribution in [3.05, 3.63) is 0 Å². The molecule has 1 N–H and O–H groups in total. The molecule has 0 radical (unpaired) electrons. The molecule has 2 aliphatic heterocycles. The van der Waals surface area contributed by atoms with Crippen LogP contribution in [0, 0.1) is 5.92 Å². The Labute approximate surface area is 107 Å². The van der Waals surface area contributed by atoms with Crippen molar-refractivity contribution < 1.29 is 0 Å². The Morgan fingerprint density at radius 2 is 2.18 bits per heavy atom. The van der Waals surface area contributed by atoms with Crippen molar-refractivity contribution in [2.24, 2.45) is 5.92 Å². The molecule has 17 heavy (non-hydrogen) atoms. The molecule has 2 rings (SSSR count). The van der Waals surface area contributed by atoms with E-state index >= 15 is 0 Å². The summed E-state index contributed by atoms with van der Waals surface area (Å²) in [5.41, 5.74) is 0. The molecule has 0 aromatic carbocycles. The van der Waals surface area contributed by atoms with Gasteiger partial charge in [-0.2, -0.15) is 0 Å². The molecule has 3 heteroatoms. The normalized spacial score (nSPS) is 32.8. The lowest BCUT2D eigenvalue weighted by atomic mass is 9.94. The number of nitrogens with one attached hydrogen (secondary N) is 1. The average Bonchev–Trinajstić information content (AvgIpc) is 2.35. The van der Waals surface area contributed by atoms with Crippen LogP contribution in [0.2, 0.25) is 0 Å². The zero-order valence-electron chi connectivity index (χ0n) is 11.6. The van der Waals surface area contributed by atoms with Crippen LogP contribution in [0.4, 0.5) is 0 Å². The molecule has 3 nitrogen and oxygen atoms in total. The van der Waals surface area contributed by atoms with Gasteiger partial charge >= 0.3 is 0 Å². The first-order valence-electron chi connectivity index (χ1n) is 7.39. The van der Waals surface area contributed by atoms with Crippen molar-refractivity contribution in [2.75, 3.05) is 46.3 Å². The SMILES string of the molecule is CC1CN(CCCC2CCCNC2)CCN1C. The van der Waals surface area contributed by atoms with Gasteiger partial charge in [0.2, 0.25) is 0 Å². The van der Waals surface area contributed by atoms with Gasteiger partial charge in [-0.1, -0.05) is 0 Å². The number of hydrogen-bond donors (Lipinski definition) is 1. The standard InChI is InChI=1S/C14H29N3/c1-13-12-17(10-9-16(13)2)8-4-6-14-5-3-7-15-11-14/h13-15H,3-12H2,1-2H3. The molecular weight excluding hydrogens is 210 g/mol. The van der Waals surface area contributed by atoms with Crippen LogP contribution in [0.3, 0.4) is 0 Å². The van der Waals surface area contributed by atoms with E-state index in [1.165, 1.54) is 65.0 Å². The van der Waals surface area contributed by atoms with E-state index in [1.54, 1.807) is 0 Å². The molecule has 100 valence electrons. The van der Waals surface area contributed by atoms with Gasteiger partial charge in [0.25, 0.3) is 0 Å². The summed E-state index contributed by atoms with van der Waals surface area (Å²) in [7, 11) is 2.25. The summed E-state index contributed by atoms with van der Waals surface area (Å²) in [6.45, 7) is 9.94. The van der Waals surface area contributed by atoms with Gasteiger partial charge in [0, 0.05) is 25.7 Å². The van der Waals surface area contributed by atoms with Crippen LogP contribution in [0.15, 0.2) is 0 Å². The van der Waals surface area contributed by atoms with E-state index in [0.717, 1.165) is 12.0 Å². The van der Waals surface area contributed by atoms with Crippen molar-refractivity contribution in [3.8, 4) is 0 Å². The first-order valence-corrected chi connectivity index (χ1v) is 7.39. The summed E-state index contributed by atoms with van der Waals surface area (Å²) in [6.07, 6.45) is 5.65. The summed E-state index contributed by atoms with van der Waals surface area (Å²) in [6, 6.07) is 0.736. The highest BCUT2D eigenvalue weighted by Crippen LogP contribution is 2.16. The van der Waals surface area contributed by atoms with Gasteiger partial charge < -0.3 is 15.1 Å². The Hall–Kier alpha value is -0.120. The molecule has 2 aliphatic rings. The van der Waals surface area contributed by atoms with Crippen LogP contribution in [0.1, 0.15) is 32.6 Å². The third kappa shape index (κ3) is 4.23. The van der Waals surface area contributed by atoms with E-state index in [4.69, 9.17) is 0 Å². The van der Waals surface area contributed by atoms with E-state index in [-0.39, 0.29) is 0 Å². The Morgan fingerprint density at radius 3 is 2.88 bits per heavy atom. The second-order valence-corrected chi connectivity index (χ2v) is 5.98. The molecule has 2 unspecified atom stereocenters. The second kappa shape index (κ2) is 6.72. The topological polar surface area (TPSA) is 18.5 Å². The number of likely N-dealkylation sites (N-methyl/N-ethyl adjacent to an activating group) is 1. The lowest BCUT2D eigenvalue weighted by Gasteiger charge is -2.38. The predicted octanol–water partition coefficient (Wildman–Crippen LogP) is 1.40. The van der Waals surface area contributed by atoms with Crippen LogP contribution in [0.5, 0.6) is 0 Å². The summed E-state index contributed by atoms with van der Waals surface area (Å²) >= 11 is 0. The first-order chi connectivity index (χ1) is 8.25. The van der Waals surface area contributed by atoms with E-state index in [1.807, 2.05) is 0 Å². The molecule has 0 aliphatic carbocycles. The fourth-order valence-electron chi connectivity index (χ4n) is 3.10. The maximum atomic E-state index is 3.52. The van der Waals surface area contributed by atoms with E-state index in [0.29, 0.717) is 0 Å². The van der Waals surface area contributed by atoms with E-state index < -0.39 is 0 Å². The number of rotatable bonds is 4. The number of hydrogen-bond acceptors (Lipinski definition) is 3. The van der Waals surface area contributed by atoms with Crippen molar-refractivity contribution in [1.29, 1.82) is 0 Å². The van der Waals surface area contributed by atoms with Crippen LogP contribution >= 0.6 is 0 Å². The summed E-state index contributed by atoms with van der Waals surface area (Å²) in [5.74, 6) is 0.952. The fourth-order valence-corrected chi connectivity index (χ4v) is 3.10. The lowest BCUT2D eigenvalue weighted by molar-refractivity contribution is 0.102. The Morgan fingerprint density at radius 1 is 1.29 bits per heavy atom. The summed E-state index contributed by atoms with van der Waals surface area (Å²) in [4.78, 5) is 5.13. The van der Waals surface area contributed by atoms with Gasteiger partial charge in [-0.25, -0.2) is 0 Å². The quantitative estimate of drug-likeness (QED) is 0.800. The van der Waals surface area contributed by atoms with Gasteiger partial charge in [-0.3, -0.25) is 0 Å². The van der Waals surface area contributed by atoms with Crippen molar-refractivity contribution in [3.63, 3.8) is 0 Å². The van der Waals surface area contributed by atoms with E-state index in [2.05, 4.69) is 29.1 Å². The highest BCUT2D eigenvalue weighted by Gasteiger charge is 2.20. The summed E-state index contributed by atoms with van der Waals surface area (Å²) in [5, 5.41) is 3.52. The summed E-state index contributed by atoms with van der Waals surface area (Å²) < 4.78 is 0. The number of piperazine rings is 1. The Balaban J connectivity index is 1.58. The predicted molar refractivity (Wildman–Crippen MR) is 73.4 cm³/mol. The van der Waals surface area contributed by atoms with Crippen LogP contribution in [-0.4, -0.2) is 62.2 Å². The lowest BCUT2D eigenvalue weighted by Crippen LogP contribution is -2.50. The number of piperidine rings is 1. The van der Waals surface area contributed by atoms with Gasteiger partial charge in [-0.15, -0.1) is 0 Å². The molecule has 0 bridgehead atoms. The third-order valence-electron chi connectivity index (χ3n) is 4.53. The van der Waals surface area contributed by atoms with Crippen LogP contribution < -0.4 is 5.32 Å². The maximum Gasteiger partial charge on any atom is 0.0192 e. The van der Waals surface area contributed by atoms with Gasteiger partial charge in [0.1, 0.15) is 0 Å². The minimum atomic E-state index is 0.736.